The van der Waals surface area contributed by atoms with E-state index in [2.05, 4.69) is 64.7 Å². The Kier molecular flexibility index (Phi) is 5.46. The SMILES string of the molecule is CCCNC(c1ccc(Br)cc1)c1scc(C)c1Cl. The van der Waals surface area contributed by atoms with E-state index in [9.17, 15) is 0 Å². The summed E-state index contributed by atoms with van der Waals surface area (Å²) in [6.07, 6.45) is 1.11. The Labute approximate surface area is 132 Å². The van der Waals surface area contributed by atoms with Crippen molar-refractivity contribution in [2.75, 3.05) is 6.54 Å². The summed E-state index contributed by atoms with van der Waals surface area (Å²) in [6, 6.07) is 8.61. The lowest BCUT2D eigenvalue weighted by molar-refractivity contribution is 0.606. The number of hydrogen-bond donors (Lipinski definition) is 1. The van der Waals surface area contributed by atoms with Crippen LogP contribution in [0.4, 0.5) is 0 Å². The van der Waals surface area contributed by atoms with Gasteiger partial charge in [-0.3, -0.25) is 0 Å². The van der Waals surface area contributed by atoms with Crippen LogP contribution in [0.5, 0.6) is 0 Å². The second-order valence-electron chi connectivity index (χ2n) is 4.54. The van der Waals surface area contributed by atoms with Gasteiger partial charge >= 0.3 is 0 Å². The van der Waals surface area contributed by atoms with Gasteiger partial charge in [0.15, 0.2) is 0 Å². The van der Waals surface area contributed by atoms with E-state index in [0.29, 0.717) is 0 Å². The Hall–Kier alpha value is -0.350. The van der Waals surface area contributed by atoms with E-state index in [1.54, 1.807) is 11.3 Å². The number of nitrogens with one attached hydrogen (secondary N) is 1. The van der Waals surface area contributed by atoms with Crippen molar-refractivity contribution in [1.29, 1.82) is 0 Å². The van der Waals surface area contributed by atoms with Crippen LogP contribution in [0, 0.1) is 6.92 Å². The zero-order valence-electron chi connectivity index (χ0n) is 11.0. The van der Waals surface area contributed by atoms with Gasteiger partial charge in [0.1, 0.15) is 0 Å². The van der Waals surface area contributed by atoms with Crippen LogP contribution in [-0.4, -0.2) is 6.54 Å². The van der Waals surface area contributed by atoms with Crippen molar-refractivity contribution in [2.45, 2.75) is 26.3 Å². The minimum atomic E-state index is 0.180. The van der Waals surface area contributed by atoms with E-state index < -0.39 is 0 Å². The molecule has 0 fully saturated rings. The van der Waals surface area contributed by atoms with Gasteiger partial charge in [-0.2, -0.15) is 0 Å². The molecule has 0 spiro atoms. The van der Waals surface area contributed by atoms with Gasteiger partial charge in [-0.1, -0.05) is 46.6 Å². The Morgan fingerprint density at radius 2 is 2.00 bits per heavy atom. The largest absolute Gasteiger partial charge is 0.306 e. The smallest absolute Gasteiger partial charge is 0.0686 e. The molecule has 2 aromatic rings. The van der Waals surface area contributed by atoms with Crippen molar-refractivity contribution in [1.82, 2.24) is 5.32 Å². The van der Waals surface area contributed by atoms with Crippen molar-refractivity contribution in [3.63, 3.8) is 0 Å². The van der Waals surface area contributed by atoms with Crippen LogP contribution < -0.4 is 5.32 Å². The minimum Gasteiger partial charge on any atom is -0.306 e. The van der Waals surface area contributed by atoms with Crippen LogP contribution >= 0.6 is 38.9 Å². The van der Waals surface area contributed by atoms with Crippen LogP contribution in [0.3, 0.4) is 0 Å². The Balaban J connectivity index is 2.35. The number of thiophene rings is 1. The molecule has 1 aromatic carbocycles. The maximum atomic E-state index is 6.42. The normalized spacial score (nSPS) is 12.6. The van der Waals surface area contributed by atoms with Crippen molar-refractivity contribution in [3.8, 4) is 0 Å². The maximum absolute atomic E-state index is 6.42. The number of benzene rings is 1. The summed E-state index contributed by atoms with van der Waals surface area (Å²) in [5, 5.41) is 6.60. The summed E-state index contributed by atoms with van der Waals surface area (Å²) in [6.45, 7) is 5.21. The van der Waals surface area contributed by atoms with E-state index >= 15 is 0 Å². The number of halogens is 2. The first-order chi connectivity index (χ1) is 9.13. The zero-order valence-corrected chi connectivity index (χ0v) is 14.2. The summed E-state index contributed by atoms with van der Waals surface area (Å²) in [4.78, 5) is 1.20. The molecule has 1 nitrogen and oxygen atoms in total. The zero-order chi connectivity index (χ0) is 13.8. The lowest BCUT2D eigenvalue weighted by Gasteiger charge is -2.18. The Morgan fingerprint density at radius 1 is 1.32 bits per heavy atom. The van der Waals surface area contributed by atoms with Gasteiger partial charge < -0.3 is 5.32 Å². The predicted octanol–water partition coefficient (Wildman–Crippen LogP) is 5.56. The number of rotatable bonds is 5. The van der Waals surface area contributed by atoms with E-state index in [0.717, 1.165) is 28.0 Å². The topological polar surface area (TPSA) is 12.0 Å². The summed E-state index contributed by atoms with van der Waals surface area (Å²) in [5.41, 5.74) is 2.41. The number of aryl methyl sites for hydroxylation is 1. The number of hydrogen-bond acceptors (Lipinski definition) is 2. The standard InChI is InChI=1S/C15H17BrClNS/c1-3-8-18-14(11-4-6-12(16)7-5-11)15-13(17)10(2)9-19-15/h4-7,9,14,18H,3,8H2,1-2H3. The summed E-state index contributed by atoms with van der Waals surface area (Å²) < 4.78 is 1.10. The summed E-state index contributed by atoms with van der Waals surface area (Å²) in [5.74, 6) is 0. The lowest BCUT2D eigenvalue weighted by Crippen LogP contribution is -2.22. The minimum absolute atomic E-state index is 0.180. The highest BCUT2D eigenvalue weighted by Crippen LogP contribution is 2.36. The molecule has 1 aromatic heterocycles. The second kappa shape index (κ2) is 6.89. The third-order valence-electron chi connectivity index (χ3n) is 2.99. The lowest BCUT2D eigenvalue weighted by atomic mass is 10.0. The second-order valence-corrected chi connectivity index (χ2v) is 6.74. The van der Waals surface area contributed by atoms with Gasteiger partial charge in [0.2, 0.25) is 0 Å². The molecule has 0 saturated heterocycles. The molecule has 102 valence electrons. The van der Waals surface area contributed by atoms with Gasteiger partial charge in [0.25, 0.3) is 0 Å². The highest BCUT2D eigenvalue weighted by molar-refractivity contribution is 9.10. The molecule has 2 rings (SSSR count). The van der Waals surface area contributed by atoms with Gasteiger partial charge in [-0.05, 0) is 48.5 Å². The summed E-state index contributed by atoms with van der Waals surface area (Å²) in [7, 11) is 0. The quantitative estimate of drug-likeness (QED) is 0.737. The van der Waals surface area contributed by atoms with E-state index in [-0.39, 0.29) is 6.04 Å². The predicted molar refractivity (Wildman–Crippen MR) is 88.3 cm³/mol. The molecule has 19 heavy (non-hydrogen) atoms. The van der Waals surface area contributed by atoms with Gasteiger partial charge in [0, 0.05) is 9.35 Å². The fourth-order valence-electron chi connectivity index (χ4n) is 1.95. The van der Waals surface area contributed by atoms with Crippen LogP contribution in [0.25, 0.3) is 0 Å². The highest BCUT2D eigenvalue weighted by atomic mass is 79.9. The third-order valence-corrected chi connectivity index (χ3v) is 5.30. The first-order valence-corrected chi connectivity index (χ1v) is 8.41. The molecular weight excluding hydrogens is 342 g/mol. The molecule has 1 N–H and O–H groups in total. The monoisotopic (exact) mass is 357 g/mol. The fourth-order valence-corrected chi connectivity index (χ4v) is 3.62. The molecule has 1 atom stereocenters. The molecule has 0 aliphatic heterocycles. The van der Waals surface area contributed by atoms with E-state index in [1.807, 2.05) is 0 Å². The third kappa shape index (κ3) is 3.60. The molecule has 4 heteroatoms. The van der Waals surface area contributed by atoms with Gasteiger partial charge in [0.05, 0.1) is 11.1 Å². The summed E-state index contributed by atoms with van der Waals surface area (Å²) >= 11 is 11.6. The molecule has 0 aliphatic rings. The first-order valence-electron chi connectivity index (χ1n) is 6.35. The molecule has 1 heterocycles. The van der Waals surface area contributed by atoms with Crippen molar-refractivity contribution in [3.05, 3.63) is 55.1 Å². The van der Waals surface area contributed by atoms with Crippen molar-refractivity contribution < 1.29 is 0 Å². The van der Waals surface area contributed by atoms with Crippen LogP contribution in [0.2, 0.25) is 5.02 Å². The van der Waals surface area contributed by atoms with Crippen LogP contribution in [0.1, 0.15) is 35.4 Å². The molecular formula is C15H17BrClNS. The first kappa shape index (κ1) is 15.0. The van der Waals surface area contributed by atoms with E-state index in [1.165, 1.54) is 10.4 Å². The van der Waals surface area contributed by atoms with Crippen molar-refractivity contribution >= 4 is 38.9 Å². The fraction of sp³-hybridized carbons (Fsp3) is 0.333. The van der Waals surface area contributed by atoms with E-state index in [4.69, 9.17) is 11.6 Å². The molecule has 0 saturated carbocycles. The average molecular weight is 359 g/mol. The van der Waals surface area contributed by atoms with Crippen LogP contribution in [0.15, 0.2) is 34.1 Å². The molecule has 0 bridgehead atoms. The molecule has 0 amide bonds. The van der Waals surface area contributed by atoms with Gasteiger partial charge in [-0.25, -0.2) is 0 Å². The van der Waals surface area contributed by atoms with Crippen LogP contribution in [-0.2, 0) is 0 Å². The molecule has 0 aliphatic carbocycles. The Morgan fingerprint density at radius 3 is 2.53 bits per heavy atom. The maximum Gasteiger partial charge on any atom is 0.0686 e. The highest BCUT2D eigenvalue weighted by Gasteiger charge is 2.19. The van der Waals surface area contributed by atoms with Crippen molar-refractivity contribution in [2.24, 2.45) is 0 Å². The Bertz CT molecular complexity index is 536. The molecule has 0 radical (unpaired) electrons. The van der Waals surface area contributed by atoms with Gasteiger partial charge in [-0.15, -0.1) is 11.3 Å². The molecule has 1 unspecified atom stereocenters. The average Bonchev–Trinajstić information content (AvgIpc) is 2.73.